The molecule has 4 nitrogen and oxygen atoms in total. The van der Waals surface area contributed by atoms with Crippen LogP contribution < -0.4 is 15.8 Å². The quantitative estimate of drug-likeness (QED) is 0.849. The molecular formula is C12H17ClN2O2. The summed E-state index contributed by atoms with van der Waals surface area (Å²) in [7, 11) is 0. The normalized spacial score (nSPS) is 12.0. The maximum atomic E-state index is 11.6. The van der Waals surface area contributed by atoms with Gasteiger partial charge in [-0.2, -0.15) is 0 Å². The number of benzene rings is 1. The van der Waals surface area contributed by atoms with Gasteiger partial charge in [-0.25, -0.2) is 0 Å². The molecule has 1 unspecified atom stereocenters. The maximum Gasteiger partial charge on any atom is 0.228 e. The maximum absolute atomic E-state index is 11.6. The molecule has 0 fully saturated rings. The molecule has 5 heteroatoms. The summed E-state index contributed by atoms with van der Waals surface area (Å²) in [6, 6.07) is 5.14. The van der Waals surface area contributed by atoms with Crippen molar-refractivity contribution >= 4 is 23.2 Å². The van der Waals surface area contributed by atoms with Crippen LogP contribution in [0.2, 0.25) is 5.02 Å². The van der Waals surface area contributed by atoms with Crippen molar-refractivity contribution in [2.45, 2.75) is 13.8 Å². The highest BCUT2D eigenvalue weighted by molar-refractivity contribution is 6.32. The summed E-state index contributed by atoms with van der Waals surface area (Å²) in [5.74, 6) is 0.270. The summed E-state index contributed by atoms with van der Waals surface area (Å²) in [6.45, 7) is 4.52. The fourth-order valence-electron chi connectivity index (χ4n) is 1.22. The van der Waals surface area contributed by atoms with Crippen molar-refractivity contribution in [3.63, 3.8) is 0 Å². The van der Waals surface area contributed by atoms with E-state index in [0.29, 0.717) is 29.6 Å². The van der Waals surface area contributed by atoms with Crippen LogP contribution in [0.4, 0.5) is 5.69 Å². The Kier molecular flexibility index (Phi) is 5.25. The Hall–Kier alpha value is -1.26. The van der Waals surface area contributed by atoms with Gasteiger partial charge >= 0.3 is 0 Å². The lowest BCUT2D eigenvalue weighted by Crippen LogP contribution is -2.26. The van der Waals surface area contributed by atoms with Crippen molar-refractivity contribution in [2.24, 2.45) is 11.7 Å². The molecule has 1 aromatic carbocycles. The van der Waals surface area contributed by atoms with E-state index in [0.717, 1.165) is 0 Å². The molecule has 0 aliphatic rings. The van der Waals surface area contributed by atoms with Crippen LogP contribution in [0.3, 0.4) is 0 Å². The van der Waals surface area contributed by atoms with E-state index >= 15 is 0 Å². The third kappa shape index (κ3) is 3.91. The number of rotatable bonds is 5. The zero-order valence-electron chi connectivity index (χ0n) is 10.00. The smallest absolute Gasteiger partial charge is 0.228 e. The first-order valence-electron chi connectivity index (χ1n) is 5.51. The molecule has 94 valence electrons. The second kappa shape index (κ2) is 6.47. The Bertz CT molecular complexity index is 396. The monoisotopic (exact) mass is 256 g/mol. The van der Waals surface area contributed by atoms with Gasteiger partial charge in [-0.15, -0.1) is 0 Å². The third-order valence-corrected chi connectivity index (χ3v) is 2.60. The summed E-state index contributed by atoms with van der Waals surface area (Å²) < 4.78 is 5.30. The first-order chi connectivity index (χ1) is 8.08. The summed E-state index contributed by atoms with van der Waals surface area (Å²) in [4.78, 5) is 11.6. The average molecular weight is 257 g/mol. The molecule has 0 aliphatic heterocycles. The fourth-order valence-corrected chi connectivity index (χ4v) is 1.46. The Morgan fingerprint density at radius 1 is 1.59 bits per heavy atom. The predicted octanol–water partition coefficient (Wildman–Crippen LogP) is 2.27. The summed E-state index contributed by atoms with van der Waals surface area (Å²) in [6.07, 6.45) is 0. The zero-order chi connectivity index (χ0) is 12.8. The van der Waals surface area contributed by atoms with Crippen molar-refractivity contribution < 1.29 is 9.53 Å². The van der Waals surface area contributed by atoms with E-state index in [1.807, 2.05) is 6.92 Å². The highest BCUT2D eigenvalue weighted by Gasteiger charge is 2.11. The van der Waals surface area contributed by atoms with Gasteiger partial charge in [-0.3, -0.25) is 4.79 Å². The molecule has 0 spiro atoms. The Balaban J connectivity index is 2.73. The summed E-state index contributed by atoms with van der Waals surface area (Å²) in [5.41, 5.74) is 6.06. The number of hydrogen-bond donors (Lipinski definition) is 2. The van der Waals surface area contributed by atoms with Gasteiger partial charge < -0.3 is 15.8 Å². The molecular weight excluding hydrogens is 240 g/mol. The van der Waals surface area contributed by atoms with Gasteiger partial charge in [0.25, 0.3) is 0 Å². The first kappa shape index (κ1) is 13.8. The van der Waals surface area contributed by atoms with Gasteiger partial charge in [-0.1, -0.05) is 18.5 Å². The molecule has 0 aromatic heterocycles. The van der Waals surface area contributed by atoms with Gasteiger partial charge in [0.05, 0.1) is 11.6 Å². The molecule has 0 aliphatic carbocycles. The Morgan fingerprint density at radius 3 is 2.82 bits per heavy atom. The molecule has 1 aromatic rings. The molecule has 0 radical (unpaired) electrons. The van der Waals surface area contributed by atoms with Gasteiger partial charge in [0.2, 0.25) is 5.91 Å². The number of carbonyl (C=O) groups is 1. The molecule has 17 heavy (non-hydrogen) atoms. The molecule has 0 bridgehead atoms. The number of amides is 1. The summed E-state index contributed by atoms with van der Waals surface area (Å²) in [5, 5.41) is 3.22. The number of anilines is 1. The SMILES string of the molecule is CCOc1ccc(NC(=O)C(C)CN)cc1Cl. The Morgan fingerprint density at radius 2 is 2.29 bits per heavy atom. The van der Waals surface area contributed by atoms with E-state index in [9.17, 15) is 4.79 Å². The highest BCUT2D eigenvalue weighted by Crippen LogP contribution is 2.27. The summed E-state index contributed by atoms with van der Waals surface area (Å²) >= 11 is 6.00. The predicted molar refractivity (Wildman–Crippen MR) is 69.5 cm³/mol. The van der Waals surface area contributed by atoms with Crippen LogP contribution in [0.5, 0.6) is 5.75 Å². The lowest BCUT2D eigenvalue weighted by molar-refractivity contribution is -0.119. The van der Waals surface area contributed by atoms with Crippen LogP contribution in [0.15, 0.2) is 18.2 Å². The van der Waals surface area contributed by atoms with Crippen LogP contribution in [0.25, 0.3) is 0 Å². The van der Waals surface area contributed by atoms with Crippen molar-refractivity contribution in [3.05, 3.63) is 23.2 Å². The number of carbonyl (C=O) groups excluding carboxylic acids is 1. The topological polar surface area (TPSA) is 64.3 Å². The largest absolute Gasteiger partial charge is 0.492 e. The van der Waals surface area contributed by atoms with E-state index in [1.165, 1.54) is 0 Å². The van der Waals surface area contributed by atoms with Gasteiger partial charge in [0.15, 0.2) is 0 Å². The number of ether oxygens (including phenoxy) is 1. The average Bonchev–Trinajstić information content (AvgIpc) is 2.31. The minimum Gasteiger partial charge on any atom is -0.492 e. The van der Waals surface area contributed by atoms with E-state index < -0.39 is 0 Å². The lowest BCUT2D eigenvalue weighted by Gasteiger charge is -2.11. The molecule has 1 amide bonds. The second-order valence-electron chi connectivity index (χ2n) is 3.70. The standard InChI is InChI=1S/C12H17ClN2O2/c1-3-17-11-5-4-9(6-10(11)13)15-12(16)8(2)7-14/h4-6,8H,3,7,14H2,1-2H3,(H,15,16). The van der Waals surface area contributed by atoms with Crippen LogP contribution in [-0.2, 0) is 4.79 Å². The molecule has 1 atom stereocenters. The minimum absolute atomic E-state index is 0.118. The molecule has 0 heterocycles. The zero-order valence-corrected chi connectivity index (χ0v) is 10.8. The number of halogens is 1. The fraction of sp³-hybridized carbons (Fsp3) is 0.417. The van der Waals surface area contributed by atoms with Crippen LogP contribution in [-0.4, -0.2) is 19.1 Å². The van der Waals surface area contributed by atoms with Crippen molar-refractivity contribution in [3.8, 4) is 5.75 Å². The number of nitrogens with two attached hydrogens (primary N) is 1. The van der Waals surface area contributed by atoms with E-state index in [2.05, 4.69) is 5.32 Å². The molecule has 3 N–H and O–H groups in total. The van der Waals surface area contributed by atoms with Crippen molar-refractivity contribution in [1.29, 1.82) is 0 Å². The van der Waals surface area contributed by atoms with E-state index in [1.54, 1.807) is 25.1 Å². The van der Waals surface area contributed by atoms with Gasteiger partial charge in [0.1, 0.15) is 5.75 Å². The van der Waals surface area contributed by atoms with Gasteiger partial charge in [-0.05, 0) is 25.1 Å². The van der Waals surface area contributed by atoms with Crippen LogP contribution in [0, 0.1) is 5.92 Å². The third-order valence-electron chi connectivity index (χ3n) is 2.30. The highest BCUT2D eigenvalue weighted by atomic mass is 35.5. The van der Waals surface area contributed by atoms with Gasteiger partial charge in [0, 0.05) is 18.2 Å². The number of hydrogen-bond acceptors (Lipinski definition) is 3. The van der Waals surface area contributed by atoms with Crippen molar-refractivity contribution in [2.75, 3.05) is 18.5 Å². The van der Waals surface area contributed by atoms with Crippen molar-refractivity contribution in [1.82, 2.24) is 0 Å². The lowest BCUT2D eigenvalue weighted by atomic mass is 10.1. The first-order valence-corrected chi connectivity index (χ1v) is 5.89. The second-order valence-corrected chi connectivity index (χ2v) is 4.11. The molecule has 0 saturated heterocycles. The minimum atomic E-state index is -0.222. The Labute approximate surface area is 106 Å². The van der Waals surface area contributed by atoms with Crippen LogP contribution >= 0.6 is 11.6 Å². The van der Waals surface area contributed by atoms with E-state index in [-0.39, 0.29) is 11.8 Å². The molecule has 1 rings (SSSR count). The van der Waals surface area contributed by atoms with Crippen LogP contribution in [0.1, 0.15) is 13.8 Å². The molecule has 0 saturated carbocycles. The number of nitrogens with one attached hydrogen (secondary N) is 1. The van der Waals surface area contributed by atoms with E-state index in [4.69, 9.17) is 22.1 Å².